The van der Waals surface area contributed by atoms with Crippen LogP contribution in [0.1, 0.15) is 66.2 Å². The van der Waals surface area contributed by atoms with Crippen LogP contribution in [0.25, 0.3) is 0 Å². The van der Waals surface area contributed by atoms with E-state index >= 15 is 0 Å². The second-order valence-electron chi connectivity index (χ2n) is 3.64. The van der Waals surface area contributed by atoms with Crippen LogP contribution in [0, 0.1) is 0 Å². The summed E-state index contributed by atoms with van der Waals surface area (Å²) in [4.78, 5) is 0. The summed E-state index contributed by atoms with van der Waals surface area (Å²) in [6.45, 7) is 8.41. The molecule has 1 unspecified atom stereocenters. The van der Waals surface area contributed by atoms with Crippen LogP contribution in [0.15, 0.2) is 0 Å². The first-order valence-corrected chi connectivity index (χ1v) is 5.98. The van der Waals surface area contributed by atoms with E-state index in [1.54, 1.807) is 0 Å². The van der Waals surface area contributed by atoms with Gasteiger partial charge in [0.05, 0.1) is 12.2 Å². The molecular formula is C12H26O. The average Bonchev–Trinajstić information content (AvgIpc) is 2.61. The minimum Gasteiger partial charge on any atom is -0.375 e. The van der Waals surface area contributed by atoms with Gasteiger partial charge >= 0.3 is 0 Å². The molecular weight excluding hydrogens is 160 g/mol. The number of hydrogen-bond donors (Lipinski definition) is 0. The molecule has 0 saturated heterocycles. The maximum absolute atomic E-state index is 5.85. The molecule has 1 aliphatic rings. The molecule has 1 atom stereocenters. The van der Waals surface area contributed by atoms with E-state index in [0.717, 1.165) is 0 Å². The lowest BCUT2D eigenvalue weighted by molar-refractivity contribution is -0.00201. The Morgan fingerprint density at radius 3 is 2.23 bits per heavy atom. The van der Waals surface area contributed by atoms with Crippen molar-refractivity contribution in [2.45, 2.75) is 78.4 Å². The zero-order chi connectivity index (χ0) is 10.1. The minimum absolute atomic E-state index is 0.489. The van der Waals surface area contributed by atoms with Gasteiger partial charge in [-0.25, -0.2) is 0 Å². The first-order chi connectivity index (χ1) is 6.33. The average molecular weight is 186 g/mol. The molecule has 0 radical (unpaired) electrons. The lowest BCUT2D eigenvalue weighted by Crippen LogP contribution is -2.16. The highest BCUT2D eigenvalue weighted by atomic mass is 16.5. The van der Waals surface area contributed by atoms with Gasteiger partial charge in [-0.15, -0.1) is 0 Å². The summed E-state index contributed by atoms with van der Waals surface area (Å²) in [5, 5.41) is 0. The molecule has 1 saturated carbocycles. The highest BCUT2D eigenvalue weighted by Gasteiger charge is 2.17. The van der Waals surface area contributed by atoms with Crippen LogP contribution < -0.4 is 0 Å². The maximum Gasteiger partial charge on any atom is 0.0578 e. The molecule has 0 aromatic carbocycles. The Morgan fingerprint density at radius 2 is 1.77 bits per heavy atom. The fourth-order valence-electron chi connectivity index (χ4n) is 1.83. The molecule has 0 bridgehead atoms. The lowest BCUT2D eigenvalue weighted by atomic mass is 10.2. The lowest BCUT2D eigenvalue weighted by Gasteiger charge is -2.17. The summed E-state index contributed by atoms with van der Waals surface area (Å²) in [5.74, 6) is 0. The molecule has 1 nitrogen and oxygen atoms in total. The number of ether oxygens (including phenoxy) is 1. The number of rotatable bonds is 4. The molecule has 1 rings (SSSR count). The zero-order valence-corrected chi connectivity index (χ0v) is 9.81. The van der Waals surface area contributed by atoms with Crippen LogP contribution in [0.3, 0.4) is 0 Å². The molecule has 1 fully saturated rings. The van der Waals surface area contributed by atoms with E-state index in [0.29, 0.717) is 12.2 Å². The van der Waals surface area contributed by atoms with Crippen LogP contribution in [-0.4, -0.2) is 12.2 Å². The Morgan fingerprint density at radius 1 is 1.23 bits per heavy atom. The van der Waals surface area contributed by atoms with Crippen molar-refractivity contribution < 1.29 is 4.74 Å². The third-order valence-corrected chi connectivity index (χ3v) is 2.42. The van der Waals surface area contributed by atoms with Crippen LogP contribution >= 0.6 is 0 Å². The van der Waals surface area contributed by atoms with Gasteiger partial charge in [0.1, 0.15) is 0 Å². The molecule has 1 aliphatic carbocycles. The molecule has 1 heteroatoms. The quantitative estimate of drug-likeness (QED) is 0.640. The Kier molecular flexibility index (Phi) is 8.53. The van der Waals surface area contributed by atoms with Gasteiger partial charge in [0.15, 0.2) is 0 Å². The first-order valence-electron chi connectivity index (χ1n) is 5.98. The molecule has 0 amide bonds. The van der Waals surface area contributed by atoms with Gasteiger partial charge in [-0.2, -0.15) is 0 Å². The molecule has 0 spiro atoms. The third kappa shape index (κ3) is 6.09. The van der Waals surface area contributed by atoms with Crippen molar-refractivity contribution in [3.8, 4) is 0 Å². The van der Waals surface area contributed by atoms with E-state index in [-0.39, 0.29) is 0 Å². The Hall–Kier alpha value is -0.0400. The topological polar surface area (TPSA) is 9.23 Å². The number of hydrogen-bond acceptors (Lipinski definition) is 1. The van der Waals surface area contributed by atoms with E-state index in [1.165, 1.54) is 38.5 Å². The standard InChI is InChI=1S/C10H20O.C2H6/c1-3-6-9(2)11-10-7-4-5-8-10;1-2/h9-10H,3-8H2,1-2H3;1-2H3. The van der Waals surface area contributed by atoms with Crippen molar-refractivity contribution in [3.05, 3.63) is 0 Å². The normalized spacial score (nSPS) is 19.4. The molecule has 0 aromatic rings. The van der Waals surface area contributed by atoms with Crippen molar-refractivity contribution in [2.75, 3.05) is 0 Å². The maximum atomic E-state index is 5.85. The van der Waals surface area contributed by atoms with Crippen LogP contribution in [-0.2, 0) is 4.74 Å². The van der Waals surface area contributed by atoms with Crippen molar-refractivity contribution >= 4 is 0 Å². The molecule has 13 heavy (non-hydrogen) atoms. The Bertz CT molecular complexity index is 95.3. The van der Waals surface area contributed by atoms with Crippen molar-refractivity contribution in [1.29, 1.82) is 0 Å². The highest BCUT2D eigenvalue weighted by molar-refractivity contribution is 4.68. The Labute approximate surface area is 83.9 Å². The van der Waals surface area contributed by atoms with Crippen molar-refractivity contribution in [1.82, 2.24) is 0 Å². The van der Waals surface area contributed by atoms with Crippen LogP contribution in [0.5, 0.6) is 0 Å². The second-order valence-corrected chi connectivity index (χ2v) is 3.64. The van der Waals surface area contributed by atoms with Gasteiger partial charge in [0.2, 0.25) is 0 Å². The predicted molar refractivity (Wildman–Crippen MR) is 59.1 cm³/mol. The largest absolute Gasteiger partial charge is 0.375 e. The predicted octanol–water partition coefficient (Wildman–Crippen LogP) is 4.16. The third-order valence-electron chi connectivity index (χ3n) is 2.42. The summed E-state index contributed by atoms with van der Waals surface area (Å²) in [5.41, 5.74) is 0. The van der Waals surface area contributed by atoms with Gasteiger partial charge in [0.25, 0.3) is 0 Å². The van der Waals surface area contributed by atoms with E-state index in [1.807, 2.05) is 13.8 Å². The van der Waals surface area contributed by atoms with Crippen molar-refractivity contribution in [2.24, 2.45) is 0 Å². The van der Waals surface area contributed by atoms with Crippen LogP contribution in [0.2, 0.25) is 0 Å². The molecule has 80 valence electrons. The summed E-state index contributed by atoms with van der Waals surface area (Å²) in [6.07, 6.45) is 8.90. The van der Waals surface area contributed by atoms with Gasteiger partial charge < -0.3 is 4.74 Å². The van der Waals surface area contributed by atoms with Gasteiger partial charge in [0, 0.05) is 0 Å². The SMILES string of the molecule is CC.CCCC(C)OC1CCCC1. The zero-order valence-electron chi connectivity index (χ0n) is 9.81. The molecule has 0 aromatic heterocycles. The summed E-state index contributed by atoms with van der Waals surface area (Å²) < 4.78 is 5.85. The minimum atomic E-state index is 0.489. The molecule has 0 aliphatic heterocycles. The summed E-state index contributed by atoms with van der Waals surface area (Å²) >= 11 is 0. The fraction of sp³-hybridized carbons (Fsp3) is 1.00. The van der Waals surface area contributed by atoms with Crippen molar-refractivity contribution in [3.63, 3.8) is 0 Å². The van der Waals surface area contributed by atoms with Gasteiger partial charge in [-0.05, 0) is 26.2 Å². The van der Waals surface area contributed by atoms with E-state index < -0.39 is 0 Å². The first kappa shape index (κ1) is 13.0. The smallest absolute Gasteiger partial charge is 0.0578 e. The fourth-order valence-corrected chi connectivity index (χ4v) is 1.83. The molecule has 0 N–H and O–H groups in total. The Balaban J connectivity index is 0.000000671. The second kappa shape index (κ2) is 8.55. The van der Waals surface area contributed by atoms with E-state index in [2.05, 4.69) is 13.8 Å². The van der Waals surface area contributed by atoms with E-state index in [9.17, 15) is 0 Å². The summed E-state index contributed by atoms with van der Waals surface area (Å²) in [7, 11) is 0. The molecule has 0 heterocycles. The highest BCUT2D eigenvalue weighted by Crippen LogP contribution is 2.22. The van der Waals surface area contributed by atoms with Gasteiger partial charge in [-0.1, -0.05) is 40.0 Å². The van der Waals surface area contributed by atoms with E-state index in [4.69, 9.17) is 4.74 Å². The monoisotopic (exact) mass is 186 g/mol. The van der Waals surface area contributed by atoms with Crippen LogP contribution in [0.4, 0.5) is 0 Å². The summed E-state index contributed by atoms with van der Waals surface area (Å²) in [6, 6.07) is 0. The van der Waals surface area contributed by atoms with Gasteiger partial charge in [-0.3, -0.25) is 0 Å².